The van der Waals surface area contributed by atoms with Crippen LogP contribution in [0.15, 0.2) is 24.3 Å². The highest BCUT2D eigenvalue weighted by Gasteiger charge is 2.18. The molecular formula is C62H119NO5. The van der Waals surface area contributed by atoms with E-state index in [2.05, 4.69) is 31.3 Å². The molecule has 6 heteroatoms. The lowest BCUT2D eigenvalue weighted by Crippen LogP contribution is -2.45. The Hall–Kier alpha value is -1.66. The van der Waals surface area contributed by atoms with Crippen LogP contribution in [0.5, 0.6) is 0 Å². The Morgan fingerprint density at radius 1 is 0.397 bits per heavy atom. The average Bonchev–Trinajstić information content (AvgIpc) is 3.34. The summed E-state index contributed by atoms with van der Waals surface area (Å²) >= 11 is 0. The summed E-state index contributed by atoms with van der Waals surface area (Å²) in [4.78, 5) is 24.5. The Morgan fingerprint density at radius 2 is 0.691 bits per heavy atom. The van der Waals surface area contributed by atoms with E-state index in [0.29, 0.717) is 19.4 Å². The van der Waals surface area contributed by atoms with Crippen LogP contribution in [0.2, 0.25) is 0 Å². The van der Waals surface area contributed by atoms with Gasteiger partial charge in [0.15, 0.2) is 0 Å². The molecule has 0 heterocycles. The van der Waals surface area contributed by atoms with E-state index in [9.17, 15) is 19.8 Å². The standard InChI is InChI=1S/C62H119NO5/c1-3-5-7-9-11-13-15-16-17-18-27-30-33-36-40-44-48-52-56-62(67)68-57-53-49-45-41-37-34-31-28-25-23-21-19-20-22-24-26-29-32-35-39-43-47-51-55-61(66)63-59(58-64)60(65)54-50-46-42-38-14-12-10-8-6-4-2/h17-18,50,54,59-60,64-65H,3-16,19-49,51-53,55-58H2,1-2H3,(H,63,66)/b18-17-,54-50+. The molecule has 3 N–H and O–H groups in total. The predicted octanol–water partition coefficient (Wildman–Crippen LogP) is 19.0. The molecule has 2 unspecified atom stereocenters. The van der Waals surface area contributed by atoms with Gasteiger partial charge < -0.3 is 20.3 Å². The molecular weight excluding hydrogens is 839 g/mol. The normalized spacial score (nSPS) is 12.7. The first-order valence-electron chi connectivity index (χ1n) is 30.6. The zero-order valence-electron chi connectivity index (χ0n) is 45.9. The fourth-order valence-electron chi connectivity index (χ4n) is 9.51. The summed E-state index contributed by atoms with van der Waals surface area (Å²) in [7, 11) is 0. The summed E-state index contributed by atoms with van der Waals surface area (Å²) in [6.45, 7) is 4.89. The molecule has 2 atom stereocenters. The van der Waals surface area contributed by atoms with Gasteiger partial charge in [-0.1, -0.05) is 289 Å². The molecule has 0 aromatic rings. The average molecular weight is 959 g/mol. The number of rotatable bonds is 57. The van der Waals surface area contributed by atoms with Crippen LogP contribution >= 0.6 is 0 Å². The number of amides is 1. The maximum absolute atomic E-state index is 12.4. The topological polar surface area (TPSA) is 95.9 Å². The lowest BCUT2D eigenvalue weighted by atomic mass is 10.0. The minimum atomic E-state index is -0.842. The highest BCUT2D eigenvalue weighted by molar-refractivity contribution is 5.76. The number of esters is 1. The summed E-state index contributed by atoms with van der Waals surface area (Å²) < 4.78 is 5.50. The van der Waals surface area contributed by atoms with E-state index in [1.54, 1.807) is 6.08 Å². The number of ether oxygens (including phenoxy) is 1. The van der Waals surface area contributed by atoms with E-state index in [1.165, 1.54) is 263 Å². The number of hydrogen-bond donors (Lipinski definition) is 3. The van der Waals surface area contributed by atoms with Crippen LogP contribution in [0.25, 0.3) is 0 Å². The Labute approximate surface area is 424 Å². The first-order chi connectivity index (χ1) is 33.5. The van der Waals surface area contributed by atoms with Crippen molar-refractivity contribution >= 4 is 11.9 Å². The Kier molecular flexibility index (Phi) is 56.5. The molecule has 0 saturated carbocycles. The van der Waals surface area contributed by atoms with Crippen molar-refractivity contribution in [2.24, 2.45) is 0 Å². The fraction of sp³-hybridized carbons (Fsp3) is 0.903. The molecule has 0 aromatic heterocycles. The molecule has 0 aromatic carbocycles. The third-order valence-electron chi connectivity index (χ3n) is 14.2. The lowest BCUT2D eigenvalue weighted by Gasteiger charge is -2.20. The van der Waals surface area contributed by atoms with E-state index < -0.39 is 12.1 Å². The van der Waals surface area contributed by atoms with Gasteiger partial charge in [0.1, 0.15) is 0 Å². The van der Waals surface area contributed by atoms with Gasteiger partial charge in [0.05, 0.1) is 25.4 Å². The molecule has 6 nitrogen and oxygen atoms in total. The van der Waals surface area contributed by atoms with Crippen LogP contribution in [-0.4, -0.2) is 47.4 Å². The van der Waals surface area contributed by atoms with Crippen molar-refractivity contribution in [1.29, 1.82) is 0 Å². The number of aliphatic hydroxyl groups is 2. The monoisotopic (exact) mass is 958 g/mol. The van der Waals surface area contributed by atoms with E-state index in [0.717, 1.165) is 44.9 Å². The summed E-state index contributed by atoms with van der Waals surface area (Å²) in [5.41, 5.74) is 0. The van der Waals surface area contributed by atoms with Gasteiger partial charge in [0.2, 0.25) is 5.91 Å². The number of allylic oxidation sites excluding steroid dienone is 3. The van der Waals surface area contributed by atoms with Gasteiger partial charge in [-0.15, -0.1) is 0 Å². The number of aliphatic hydroxyl groups excluding tert-OH is 2. The maximum atomic E-state index is 12.4. The highest BCUT2D eigenvalue weighted by atomic mass is 16.5. The van der Waals surface area contributed by atoms with Gasteiger partial charge in [-0.3, -0.25) is 9.59 Å². The first-order valence-corrected chi connectivity index (χ1v) is 30.6. The van der Waals surface area contributed by atoms with Crippen LogP contribution in [0, 0.1) is 0 Å². The Balaban J connectivity index is 3.35. The van der Waals surface area contributed by atoms with Gasteiger partial charge in [0, 0.05) is 12.8 Å². The van der Waals surface area contributed by atoms with Crippen LogP contribution in [0.1, 0.15) is 335 Å². The number of carbonyl (C=O) groups is 2. The first kappa shape index (κ1) is 66.3. The number of hydrogen-bond acceptors (Lipinski definition) is 5. The Morgan fingerprint density at radius 3 is 1.04 bits per heavy atom. The molecule has 0 saturated heterocycles. The summed E-state index contributed by atoms with van der Waals surface area (Å²) in [6, 6.07) is -0.625. The van der Waals surface area contributed by atoms with E-state index in [1.807, 2.05) is 6.08 Å². The fourth-order valence-corrected chi connectivity index (χ4v) is 9.51. The molecule has 1 amide bonds. The number of carbonyl (C=O) groups excluding carboxylic acids is 2. The van der Waals surface area contributed by atoms with E-state index >= 15 is 0 Å². The second kappa shape index (κ2) is 57.9. The zero-order chi connectivity index (χ0) is 49.3. The number of unbranched alkanes of at least 4 members (excludes halogenated alkanes) is 44. The smallest absolute Gasteiger partial charge is 0.305 e. The minimum Gasteiger partial charge on any atom is -0.466 e. The van der Waals surface area contributed by atoms with Crippen molar-refractivity contribution in [3.8, 4) is 0 Å². The lowest BCUT2D eigenvalue weighted by molar-refractivity contribution is -0.143. The number of nitrogens with one attached hydrogen (secondary N) is 1. The summed E-state index contributed by atoms with van der Waals surface area (Å²) in [5.74, 6) is -0.0575. The van der Waals surface area contributed by atoms with Crippen molar-refractivity contribution in [2.75, 3.05) is 13.2 Å². The molecule has 0 rings (SSSR count). The Bertz CT molecular complexity index is 1060. The van der Waals surface area contributed by atoms with Crippen molar-refractivity contribution in [2.45, 2.75) is 347 Å². The highest BCUT2D eigenvalue weighted by Crippen LogP contribution is 2.17. The predicted molar refractivity (Wildman–Crippen MR) is 296 cm³/mol. The zero-order valence-corrected chi connectivity index (χ0v) is 45.9. The molecule has 0 radical (unpaired) electrons. The molecule has 402 valence electrons. The van der Waals surface area contributed by atoms with Gasteiger partial charge in [-0.25, -0.2) is 0 Å². The second-order valence-corrected chi connectivity index (χ2v) is 21.0. The van der Waals surface area contributed by atoms with Gasteiger partial charge in [0.25, 0.3) is 0 Å². The van der Waals surface area contributed by atoms with Gasteiger partial charge in [-0.2, -0.15) is 0 Å². The van der Waals surface area contributed by atoms with E-state index in [4.69, 9.17) is 4.74 Å². The SMILES string of the molecule is CCCCCCCCC/C=C\CCCCCCCCCC(=O)OCCCCCCCCCCCCCCCCCCCCCCCCCC(=O)NC(CO)C(O)/C=C/CCCCCCCCCC. The molecule has 68 heavy (non-hydrogen) atoms. The molecule has 0 fully saturated rings. The van der Waals surface area contributed by atoms with Crippen molar-refractivity contribution in [1.82, 2.24) is 5.32 Å². The van der Waals surface area contributed by atoms with Crippen LogP contribution in [0.4, 0.5) is 0 Å². The molecule has 0 bridgehead atoms. The molecule has 0 spiro atoms. The third kappa shape index (κ3) is 53.7. The summed E-state index contributed by atoms with van der Waals surface area (Å²) in [6.07, 6.45) is 70.8. The van der Waals surface area contributed by atoms with Crippen molar-refractivity contribution in [3.05, 3.63) is 24.3 Å². The van der Waals surface area contributed by atoms with E-state index in [-0.39, 0.29) is 18.5 Å². The molecule has 0 aliphatic carbocycles. The second-order valence-electron chi connectivity index (χ2n) is 21.0. The summed E-state index contributed by atoms with van der Waals surface area (Å²) in [5, 5.41) is 23.0. The third-order valence-corrected chi connectivity index (χ3v) is 14.2. The van der Waals surface area contributed by atoms with Crippen LogP contribution < -0.4 is 5.32 Å². The largest absolute Gasteiger partial charge is 0.466 e. The molecule has 0 aliphatic heterocycles. The van der Waals surface area contributed by atoms with Crippen molar-refractivity contribution < 1.29 is 24.5 Å². The maximum Gasteiger partial charge on any atom is 0.305 e. The minimum absolute atomic E-state index is 0.0111. The molecule has 0 aliphatic rings. The van der Waals surface area contributed by atoms with Gasteiger partial charge >= 0.3 is 5.97 Å². The quantitative estimate of drug-likeness (QED) is 0.0321. The van der Waals surface area contributed by atoms with Crippen LogP contribution in [0.3, 0.4) is 0 Å². The van der Waals surface area contributed by atoms with Crippen LogP contribution in [-0.2, 0) is 14.3 Å². The van der Waals surface area contributed by atoms with Gasteiger partial charge in [-0.05, 0) is 57.8 Å². The van der Waals surface area contributed by atoms with Crippen molar-refractivity contribution in [3.63, 3.8) is 0 Å².